The van der Waals surface area contributed by atoms with Crippen molar-refractivity contribution in [3.8, 4) is 17.2 Å². The molecule has 0 unspecified atom stereocenters. The predicted octanol–water partition coefficient (Wildman–Crippen LogP) is 2.83. The lowest BCUT2D eigenvalue weighted by molar-refractivity contribution is 0.584. The minimum Gasteiger partial charge on any atom is -0.353 e. The highest BCUT2D eigenvalue weighted by atomic mass is 19.1. The maximum absolute atomic E-state index is 12.9. The molecule has 1 aromatic heterocycles. The van der Waals surface area contributed by atoms with Crippen LogP contribution in [0.2, 0.25) is 0 Å². The van der Waals surface area contributed by atoms with Crippen LogP contribution in [-0.4, -0.2) is 4.98 Å². The molecule has 74 valence electrons. The van der Waals surface area contributed by atoms with Crippen molar-refractivity contribution in [2.75, 3.05) is 0 Å². The summed E-state index contributed by atoms with van der Waals surface area (Å²) in [4.78, 5) is 2.69. The molecule has 0 saturated heterocycles. The van der Waals surface area contributed by atoms with Gasteiger partial charge in [0.25, 0.3) is 0 Å². The van der Waals surface area contributed by atoms with E-state index in [2.05, 4.69) is 4.98 Å². The van der Waals surface area contributed by atoms with Gasteiger partial charge in [0.1, 0.15) is 23.4 Å². The lowest BCUT2D eigenvalue weighted by atomic mass is 10.1. The van der Waals surface area contributed by atoms with Crippen LogP contribution in [0.4, 0.5) is 8.78 Å². The molecule has 2 rings (SSSR count). The first-order valence-electron chi connectivity index (χ1n) is 4.24. The normalized spacial score (nSPS) is 9.93. The predicted molar refractivity (Wildman–Crippen MR) is 50.9 cm³/mol. The summed E-state index contributed by atoms with van der Waals surface area (Å²) in [5.74, 6) is -1.27. The van der Waals surface area contributed by atoms with Gasteiger partial charge in [0.05, 0.1) is 0 Å². The van der Waals surface area contributed by atoms with Crippen molar-refractivity contribution in [2.24, 2.45) is 0 Å². The minimum absolute atomic E-state index is 0.356. The van der Waals surface area contributed by atoms with Crippen molar-refractivity contribution in [3.05, 3.63) is 47.8 Å². The molecule has 0 amide bonds. The molecule has 0 spiro atoms. The Kier molecular flexibility index (Phi) is 2.22. The molecule has 1 heterocycles. The number of nitrogens with one attached hydrogen (secondary N) is 1. The van der Waals surface area contributed by atoms with Crippen molar-refractivity contribution < 1.29 is 8.78 Å². The summed E-state index contributed by atoms with van der Waals surface area (Å²) in [6.45, 7) is 0. The molecule has 0 aliphatic carbocycles. The van der Waals surface area contributed by atoms with Gasteiger partial charge in [-0.15, -0.1) is 0 Å². The molecule has 0 bridgehead atoms. The summed E-state index contributed by atoms with van der Waals surface area (Å²) >= 11 is 0. The molecule has 1 aromatic carbocycles. The molecule has 0 atom stereocenters. The fourth-order valence-electron chi connectivity index (χ4n) is 1.35. The zero-order valence-corrected chi connectivity index (χ0v) is 7.59. The number of aromatic nitrogens is 1. The first kappa shape index (κ1) is 9.41. The number of nitrogens with zero attached hydrogens (tertiary/aromatic N) is 1. The molecule has 1 N–H and O–H groups in total. The fraction of sp³-hybridized carbons (Fsp3) is 0. The summed E-state index contributed by atoms with van der Waals surface area (Å²) in [5, 5.41) is 8.58. The zero-order chi connectivity index (χ0) is 10.8. The highest BCUT2D eigenvalue weighted by molar-refractivity contribution is 5.64. The van der Waals surface area contributed by atoms with Crippen molar-refractivity contribution in [2.45, 2.75) is 0 Å². The third-order valence-electron chi connectivity index (χ3n) is 2.00. The Labute approximate surface area is 84.8 Å². The average molecular weight is 204 g/mol. The second-order valence-electron chi connectivity index (χ2n) is 3.07. The molecule has 2 nitrogen and oxygen atoms in total. The number of hydrogen-bond acceptors (Lipinski definition) is 1. The average Bonchev–Trinajstić information content (AvgIpc) is 2.64. The van der Waals surface area contributed by atoms with E-state index in [-0.39, 0.29) is 0 Å². The number of hydrogen-bond donors (Lipinski definition) is 1. The van der Waals surface area contributed by atoms with E-state index in [4.69, 9.17) is 5.26 Å². The summed E-state index contributed by atoms with van der Waals surface area (Å²) < 4.78 is 25.8. The minimum atomic E-state index is -0.635. The van der Waals surface area contributed by atoms with Crippen molar-refractivity contribution >= 4 is 0 Å². The summed E-state index contributed by atoms with van der Waals surface area (Å²) in [6.07, 6.45) is 1.53. The van der Waals surface area contributed by atoms with Crippen LogP contribution in [0.5, 0.6) is 0 Å². The Morgan fingerprint density at radius 3 is 2.20 bits per heavy atom. The Balaban J connectivity index is 2.50. The summed E-state index contributed by atoms with van der Waals surface area (Å²) in [6, 6.07) is 6.68. The van der Waals surface area contributed by atoms with Gasteiger partial charge in [-0.2, -0.15) is 5.26 Å². The summed E-state index contributed by atoms with van der Waals surface area (Å²) in [5.41, 5.74) is 1.35. The van der Waals surface area contributed by atoms with Gasteiger partial charge in [-0.1, -0.05) is 0 Å². The molecule has 0 saturated carbocycles. The topological polar surface area (TPSA) is 39.6 Å². The Morgan fingerprint density at radius 2 is 1.67 bits per heavy atom. The van der Waals surface area contributed by atoms with Crippen LogP contribution in [0.15, 0.2) is 30.5 Å². The third-order valence-corrected chi connectivity index (χ3v) is 2.00. The van der Waals surface area contributed by atoms with Gasteiger partial charge in [-0.25, -0.2) is 8.78 Å². The molecule has 2 aromatic rings. The quantitative estimate of drug-likeness (QED) is 0.762. The maximum atomic E-state index is 12.9. The highest BCUT2D eigenvalue weighted by Gasteiger charge is 2.05. The highest BCUT2D eigenvalue weighted by Crippen LogP contribution is 2.22. The number of H-pyrrole nitrogens is 1. The zero-order valence-electron chi connectivity index (χ0n) is 7.59. The van der Waals surface area contributed by atoms with E-state index in [1.807, 2.05) is 6.07 Å². The van der Waals surface area contributed by atoms with E-state index < -0.39 is 11.6 Å². The van der Waals surface area contributed by atoms with Crippen LogP contribution >= 0.6 is 0 Å². The second-order valence-corrected chi connectivity index (χ2v) is 3.07. The SMILES string of the molecule is N#Cc1cc(-c2cc(F)cc(F)c2)c[nH]1. The molecule has 4 heteroatoms. The van der Waals surface area contributed by atoms with Gasteiger partial charge in [0.15, 0.2) is 0 Å². The second kappa shape index (κ2) is 3.54. The molecule has 0 aliphatic rings. The van der Waals surface area contributed by atoms with Crippen molar-refractivity contribution in [3.63, 3.8) is 0 Å². The number of nitriles is 1. The van der Waals surface area contributed by atoms with Crippen LogP contribution in [-0.2, 0) is 0 Å². The smallest absolute Gasteiger partial charge is 0.126 e. The Hall–Kier alpha value is -2.15. The van der Waals surface area contributed by atoms with Gasteiger partial charge >= 0.3 is 0 Å². The number of aromatic amines is 1. The van der Waals surface area contributed by atoms with E-state index in [0.717, 1.165) is 6.07 Å². The third kappa shape index (κ3) is 1.86. The summed E-state index contributed by atoms with van der Waals surface area (Å²) in [7, 11) is 0. The number of rotatable bonds is 1. The molecule has 0 aliphatic heterocycles. The molecular weight excluding hydrogens is 198 g/mol. The lowest BCUT2D eigenvalue weighted by Gasteiger charge is -1.97. The Morgan fingerprint density at radius 1 is 1.00 bits per heavy atom. The largest absolute Gasteiger partial charge is 0.353 e. The van der Waals surface area contributed by atoms with E-state index >= 15 is 0 Å². The van der Waals surface area contributed by atoms with Crippen LogP contribution in [0.3, 0.4) is 0 Å². The Bertz CT molecular complexity index is 518. The molecular formula is C11H6F2N2. The van der Waals surface area contributed by atoms with Crippen molar-refractivity contribution in [1.29, 1.82) is 5.26 Å². The van der Waals surface area contributed by atoms with Crippen LogP contribution < -0.4 is 0 Å². The van der Waals surface area contributed by atoms with Gasteiger partial charge < -0.3 is 4.98 Å². The van der Waals surface area contributed by atoms with Crippen LogP contribution in [0.25, 0.3) is 11.1 Å². The van der Waals surface area contributed by atoms with E-state index in [1.54, 1.807) is 0 Å². The van der Waals surface area contributed by atoms with E-state index in [9.17, 15) is 8.78 Å². The number of halogens is 2. The van der Waals surface area contributed by atoms with Gasteiger partial charge in [0, 0.05) is 17.8 Å². The van der Waals surface area contributed by atoms with Crippen LogP contribution in [0.1, 0.15) is 5.69 Å². The van der Waals surface area contributed by atoms with Gasteiger partial charge in [0.2, 0.25) is 0 Å². The molecule has 0 radical (unpaired) electrons. The first-order chi connectivity index (χ1) is 7.19. The maximum Gasteiger partial charge on any atom is 0.126 e. The van der Waals surface area contributed by atoms with E-state index in [0.29, 0.717) is 16.8 Å². The fourth-order valence-corrected chi connectivity index (χ4v) is 1.35. The molecule has 15 heavy (non-hydrogen) atoms. The first-order valence-corrected chi connectivity index (χ1v) is 4.24. The van der Waals surface area contributed by atoms with Gasteiger partial charge in [-0.05, 0) is 23.8 Å². The monoisotopic (exact) mass is 204 g/mol. The van der Waals surface area contributed by atoms with Crippen molar-refractivity contribution in [1.82, 2.24) is 4.98 Å². The van der Waals surface area contributed by atoms with Crippen LogP contribution in [0, 0.1) is 23.0 Å². The van der Waals surface area contributed by atoms with E-state index in [1.165, 1.54) is 24.4 Å². The standard InChI is InChI=1S/C11H6F2N2/c12-9-1-7(2-10(13)4-9)8-3-11(5-14)15-6-8/h1-4,6,15H. The lowest BCUT2D eigenvalue weighted by Crippen LogP contribution is -1.82. The van der Waals surface area contributed by atoms with Gasteiger partial charge in [-0.3, -0.25) is 0 Å². The molecule has 0 fully saturated rings. The number of benzene rings is 1.